The van der Waals surface area contributed by atoms with Crippen molar-refractivity contribution in [1.82, 2.24) is 0 Å². The Morgan fingerprint density at radius 3 is 2.22 bits per heavy atom. The van der Waals surface area contributed by atoms with Crippen molar-refractivity contribution in [2.24, 2.45) is 0 Å². The van der Waals surface area contributed by atoms with E-state index < -0.39 is 38.9 Å². The van der Waals surface area contributed by atoms with Gasteiger partial charge in [-0.05, 0) is 42.2 Å². The van der Waals surface area contributed by atoms with E-state index in [0.717, 1.165) is 41.2 Å². The zero-order chi connectivity index (χ0) is 23.7. The van der Waals surface area contributed by atoms with Crippen LogP contribution in [0.15, 0.2) is 47.4 Å². The van der Waals surface area contributed by atoms with E-state index in [4.69, 9.17) is 0 Å². The molecule has 1 unspecified atom stereocenters. The van der Waals surface area contributed by atoms with Crippen LogP contribution in [0.1, 0.15) is 23.1 Å². The van der Waals surface area contributed by atoms with Crippen molar-refractivity contribution < 1.29 is 40.5 Å². The minimum absolute atomic E-state index is 0.0206. The lowest BCUT2D eigenvalue weighted by molar-refractivity contribution is -0.376. The molecular formula is C20H17F6NO3S2. The van der Waals surface area contributed by atoms with Gasteiger partial charge in [-0.15, -0.1) is 0 Å². The predicted molar refractivity (Wildman–Crippen MR) is 108 cm³/mol. The molecule has 0 saturated heterocycles. The average molecular weight is 497 g/mol. The van der Waals surface area contributed by atoms with E-state index in [0.29, 0.717) is 27.9 Å². The minimum atomic E-state index is -5.98. The third kappa shape index (κ3) is 4.76. The maximum Gasteiger partial charge on any atom is 0.430 e. The summed E-state index contributed by atoms with van der Waals surface area (Å²) in [5.74, 6) is 0.294. The highest BCUT2D eigenvalue weighted by atomic mass is 32.8. The highest BCUT2D eigenvalue weighted by Crippen LogP contribution is 2.50. The smallest absolute Gasteiger partial charge is 0.369 e. The first-order valence-electron chi connectivity index (χ1n) is 9.26. The van der Waals surface area contributed by atoms with Gasteiger partial charge in [0.2, 0.25) is 5.91 Å². The zero-order valence-electron chi connectivity index (χ0n) is 16.2. The van der Waals surface area contributed by atoms with Crippen LogP contribution in [0.4, 0.5) is 32.0 Å². The molecule has 1 atom stereocenters. The molecular weight excluding hydrogens is 480 g/mol. The fraction of sp³-hybridized carbons (Fsp3) is 0.350. The molecule has 0 radical (unpaired) electrons. The Balaban J connectivity index is 1.74. The Kier molecular flexibility index (Phi) is 6.87. The molecule has 0 bridgehead atoms. The summed E-state index contributed by atoms with van der Waals surface area (Å²) in [6.07, 6.45) is -10.4. The summed E-state index contributed by atoms with van der Waals surface area (Å²) >= 11 is 0. The quantitative estimate of drug-likeness (QED) is 0.622. The number of aryl methyl sites for hydroxylation is 1. The predicted octanol–water partition coefficient (Wildman–Crippen LogP) is 4.23. The molecule has 1 heterocycles. The molecule has 1 aliphatic heterocycles. The Hall–Kier alpha value is -2.18. The molecule has 1 aliphatic rings. The number of alkyl halides is 6. The summed E-state index contributed by atoms with van der Waals surface area (Å²) in [5, 5.41) is 11.8. The van der Waals surface area contributed by atoms with Crippen LogP contribution in [-0.2, 0) is 42.9 Å². The number of halogens is 6. The van der Waals surface area contributed by atoms with Crippen molar-refractivity contribution in [3.8, 4) is 0 Å². The topological polar surface area (TPSA) is 66.4 Å². The van der Waals surface area contributed by atoms with E-state index in [2.05, 4.69) is 5.32 Å². The molecule has 174 valence electrons. The summed E-state index contributed by atoms with van der Waals surface area (Å²) in [5.41, 5.74) is -4.78. The molecule has 0 spiro atoms. The van der Waals surface area contributed by atoms with Crippen LogP contribution in [0.5, 0.6) is 0 Å². The highest BCUT2D eigenvalue weighted by Gasteiger charge is 2.71. The second-order valence-corrected chi connectivity index (χ2v) is 10.5. The molecule has 4 nitrogen and oxygen atoms in total. The fourth-order valence-corrected chi connectivity index (χ4v) is 6.11. The number of fused-ring (bicyclic) bond motifs is 1. The molecule has 0 fully saturated rings. The van der Waals surface area contributed by atoms with E-state index in [1.54, 1.807) is 6.07 Å². The Morgan fingerprint density at radius 2 is 1.66 bits per heavy atom. The van der Waals surface area contributed by atoms with Gasteiger partial charge < -0.3 is 10.4 Å². The number of hydrogen-bond donors (Lipinski definition) is 2. The van der Waals surface area contributed by atoms with Gasteiger partial charge in [-0.1, -0.05) is 33.7 Å². The van der Waals surface area contributed by atoms with Crippen LogP contribution in [-0.4, -0.2) is 33.3 Å². The molecule has 3 rings (SSSR count). The number of aliphatic hydroxyl groups is 1. The van der Waals surface area contributed by atoms with Gasteiger partial charge in [0, 0.05) is 21.9 Å². The SMILES string of the molecule is O=S=S1CCCc2cc(CC(=O)Nc3ccc(C(O)(C(F)(F)F)C(F)(F)F)cc3)ccc21. The number of carbonyl (C=O) groups is 1. The maximum atomic E-state index is 12.9. The molecule has 0 aromatic heterocycles. The number of rotatable bonds is 4. The lowest BCUT2D eigenvalue weighted by Gasteiger charge is -2.32. The van der Waals surface area contributed by atoms with Crippen LogP contribution in [0.3, 0.4) is 0 Å². The molecule has 1 amide bonds. The minimum Gasteiger partial charge on any atom is -0.369 e. The number of amides is 1. The van der Waals surface area contributed by atoms with Crippen LogP contribution in [0.2, 0.25) is 0 Å². The summed E-state index contributed by atoms with van der Waals surface area (Å²) in [6.45, 7) is 0. The van der Waals surface area contributed by atoms with Gasteiger partial charge in [-0.25, -0.2) is 4.21 Å². The second-order valence-electron chi connectivity index (χ2n) is 7.17. The van der Waals surface area contributed by atoms with E-state index >= 15 is 0 Å². The number of carbonyl (C=O) groups excluding carboxylic acids is 1. The van der Waals surface area contributed by atoms with Crippen LogP contribution in [0.25, 0.3) is 0 Å². The molecule has 0 aliphatic carbocycles. The lowest BCUT2D eigenvalue weighted by atomic mass is 9.92. The lowest BCUT2D eigenvalue weighted by Crippen LogP contribution is -2.53. The van der Waals surface area contributed by atoms with E-state index in [9.17, 15) is 40.5 Å². The van der Waals surface area contributed by atoms with Crippen molar-refractivity contribution in [1.29, 1.82) is 0 Å². The van der Waals surface area contributed by atoms with Crippen molar-refractivity contribution in [3.63, 3.8) is 0 Å². The first kappa shape index (κ1) is 24.5. The zero-order valence-corrected chi connectivity index (χ0v) is 17.9. The first-order chi connectivity index (χ1) is 14.9. The maximum absolute atomic E-state index is 12.9. The highest BCUT2D eigenvalue weighted by molar-refractivity contribution is 8.31. The van der Waals surface area contributed by atoms with E-state index in [1.807, 2.05) is 12.1 Å². The van der Waals surface area contributed by atoms with Gasteiger partial charge in [0.1, 0.15) is 10.2 Å². The summed E-state index contributed by atoms with van der Waals surface area (Å²) in [4.78, 5) is 13.3. The number of nitrogens with one attached hydrogen (secondary N) is 1. The monoisotopic (exact) mass is 497 g/mol. The number of anilines is 1. The Labute approximate surface area is 184 Å². The van der Waals surface area contributed by atoms with E-state index in [-0.39, 0.29) is 12.1 Å². The fourth-order valence-electron chi connectivity index (χ4n) is 3.41. The molecule has 32 heavy (non-hydrogen) atoms. The summed E-state index contributed by atoms with van der Waals surface area (Å²) in [6, 6.07) is 8.03. The van der Waals surface area contributed by atoms with Crippen LogP contribution in [0, 0.1) is 0 Å². The Bertz CT molecular complexity index is 1060. The Morgan fingerprint density at radius 1 is 1.03 bits per heavy atom. The first-order valence-corrected chi connectivity index (χ1v) is 11.9. The van der Waals surface area contributed by atoms with Gasteiger partial charge in [-0.3, -0.25) is 4.79 Å². The number of benzene rings is 2. The molecule has 2 N–H and O–H groups in total. The van der Waals surface area contributed by atoms with E-state index in [1.165, 1.54) is 0 Å². The average Bonchev–Trinajstić information content (AvgIpc) is 2.71. The third-order valence-electron chi connectivity index (χ3n) is 5.00. The van der Waals surface area contributed by atoms with Gasteiger partial charge in [-0.2, -0.15) is 26.3 Å². The van der Waals surface area contributed by atoms with Crippen molar-refractivity contribution >= 4 is 31.3 Å². The largest absolute Gasteiger partial charge is 0.430 e. The molecule has 2 aromatic carbocycles. The molecule has 2 aromatic rings. The van der Waals surface area contributed by atoms with Crippen molar-refractivity contribution in [2.45, 2.75) is 42.1 Å². The molecule has 0 saturated carbocycles. The van der Waals surface area contributed by atoms with Gasteiger partial charge in [0.05, 0.1) is 6.42 Å². The van der Waals surface area contributed by atoms with Crippen LogP contribution >= 0.6 is 0 Å². The normalized spacial score (nSPS) is 16.9. The van der Waals surface area contributed by atoms with Crippen molar-refractivity contribution in [2.75, 3.05) is 11.1 Å². The van der Waals surface area contributed by atoms with Crippen molar-refractivity contribution in [3.05, 3.63) is 59.2 Å². The molecule has 12 heteroatoms. The van der Waals surface area contributed by atoms with Gasteiger partial charge in [0.15, 0.2) is 0 Å². The van der Waals surface area contributed by atoms with Gasteiger partial charge >= 0.3 is 12.4 Å². The van der Waals surface area contributed by atoms with Gasteiger partial charge in [0.25, 0.3) is 5.60 Å². The second kappa shape index (κ2) is 8.99. The summed E-state index contributed by atoms with van der Waals surface area (Å²) in [7, 11) is 0.134. The third-order valence-corrected chi connectivity index (χ3v) is 8.24. The standard InChI is InChI=1S/C20H17F6NO3S2/c21-19(22,23)18(29,20(24,25)26)14-4-6-15(7-5-14)27-17(28)11-12-3-8-16-13(10-12)2-1-9-32(16)31-30/h3-8,10,29H,1-2,9,11H2,(H,27,28). The number of hydrogen-bond acceptors (Lipinski definition) is 3. The van der Waals surface area contributed by atoms with Crippen LogP contribution < -0.4 is 5.32 Å². The summed E-state index contributed by atoms with van der Waals surface area (Å²) < 4.78 is 88.9.